The highest BCUT2D eigenvalue weighted by atomic mass is 16.7. The van der Waals surface area contributed by atoms with Crippen LogP contribution in [0.4, 0.5) is 17.8 Å². The highest BCUT2D eigenvalue weighted by Crippen LogP contribution is 2.37. The molecule has 0 aromatic carbocycles. The Kier molecular flexibility index (Phi) is 3.91. The van der Waals surface area contributed by atoms with Gasteiger partial charge in [-0.15, -0.1) is 0 Å². The number of nitrogens with zero attached hydrogens (tertiary/aromatic N) is 5. The molecule has 1 aromatic rings. The molecule has 2 N–H and O–H groups in total. The summed E-state index contributed by atoms with van der Waals surface area (Å²) in [6.07, 6.45) is 5.36. The first-order chi connectivity index (χ1) is 12.7. The van der Waals surface area contributed by atoms with Crippen LogP contribution in [0.25, 0.3) is 0 Å². The van der Waals surface area contributed by atoms with Gasteiger partial charge in [-0.05, 0) is 12.8 Å². The van der Waals surface area contributed by atoms with Gasteiger partial charge in [0.2, 0.25) is 17.8 Å². The third-order valence-corrected chi connectivity index (χ3v) is 5.59. The molecule has 26 heavy (non-hydrogen) atoms. The summed E-state index contributed by atoms with van der Waals surface area (Å²) in [5.74, 6) is 1.40. The summed E-state index contributed by atoms with van der Waals surface area (Å²) in [5.41, 5.74) is -0.726. The van der Waals surface area contributed by atoms with E-state index in [9.17, 15) is 5.11 Å². The minimum atomic E-state index is -0.726. The molecule has 0 unspecified atom stereocenters. The molecular weight excluding hydrogens is 336 g/mol. The van der Waals surface area contributed by atoms with Crippen molar-refractivity contribution in [2.24, 2.45) is 0 Å². The number of nitrogens with one attached hydrogen (secondary N) is 1. The molecule has 4 aliphatic rings. The van der Waals surface area contributed by atoms with Crippen molar-refractivity contribution in [3.8, 4) is 0 Å². The van der Waals surface area contributed by atoms with E-state index < -0.39 is 11.3 Å². The second-order valence-electron chi connectivity index (χ2n) is 7.85. The Morgan fingerprint density at radius 1 is 0.885 bits per heavy atom. The van der Waals surface area contributed by atoms with Crippen LogP contribution in [-0.2, 0) is 9.47 Å². The van der Waals surface area contributed by atoms with Crippen molar-refractivity contribution in [3.05, 3.63) is 0 Å². The lowest BCUT2D eigenvalue weighted by Crippen LogP contribution is -2.60. The molecule has 0 atom stereocenters. The van der Waals surface area contributed by atoms with Gasteiger partial charge in [0.15, 0.2) is 5.79 Å². The molecule has 1 spiro atoms. The minimum Gasteiger partial charge on any atom is -0.394 e. The van der Waals surface area contributed by atoms with Gasteiger partial charge in [0.1, 0.15) is 5.54 Å². The van der Waals surface area contributed by atoms with Crippen molar-refractivity contribution in [2.45, 2.75) is 43.4 Å². The smallest absolute Gasteiger partial charge is 0.232 e. The predicted octanol–water partition coefficient (Wildman–Crippen LogP) is 0.362. The summed E-state index contributed by atoms with van der Waals surface area (Å²) in [5, 5.41) is 13.4. The number of aliphatic hydroxyl groups excluding tert-OH is 1. The van der Waals surface area contributed by atoms with E-state index in [1.165, 1.54) is 6.42 Å². The Morgan fingerprint density at radius 3 is 1.96 bits per heavy atom. The molecule has 3 saturated heterocycles. The standard InChI is InChI=1S/C17H26N6O3/c24-10-16(11-25-17(26-12-16)4-2-1-3-5-17)21-13-18-14(22-6-7-22)20-15(19-13)23-8-9-23/h24H,1-12H2,(H,18,19,20,21). The van der Waals surface area contributed by atoms with Crippen LogP contribution in [0.3, 0.4) is 0 Å². The molecule has 4 fully saturated rings. The molecule has 9 nitrogen and oxygen atoms in total. The minimum absolute atomic E-state index is 0.104. The van der Waals surface area contributed by atoms with E-state index in [1.54, 1.807) is 0 Å². The zero-order valence-corrected chi connectivity index (χ0v) is 15.0. The number of aliphatic hydroxyl groups is 1. The van der Waals surface area contributed by atoms with Crippen LogP contribution in [0.5, 0.6) is 0 Å². The van der Waals surface area contributed by atoms with Crippen LogP contribution in [0.1, 0.15) is 32.1 Å². The molecule has 1 aromatic heterocycles. The third-order valence-electron chi connectivity index (χ3n) is 5.59. The second-order valence-corrected chi connectivity index (χ2v) is 7.85. The largest absolute Gasteiger partial charge is 0.394 e. The molecule has 1 aliphatic carbocycles. The first-order valence-electron chi connectivity index (χ1n) is 9.62. The SMILES string of the molecule is OCC1(Nc2nc(N3CC3)nc(N3CC3)n2)COC2(CCCCC2)OC1. The normalized spacial score (nSPS) is 26.0. The van der Waals surface area contributed by atoms with Crippen molar-refractivity contribution in [2.75, 3.05) is 61.1 Å². The molecule has 142 valence electrons. The van der Waals surface area contributed by atoms with Gasteiger partial charge in [-0.2, -0.15) is 15.0 Å². The summed E-state index contributed by atoms with van der Waals surface area (Å²) in [6, 6.07) is 0. The average molecular weight is 362 g/mol. The van der Waals surface area contributed by atoms with E-state index in [2.05, 4.69) is 30.1 Å². The number of aromatic nitrogens is 3. The van der Waals surface area contributed by atoms with E-state index in [4.69, 9.17) is 9.47 Å². The predicted molar refractivity (Wildman–Crippen MR) is 95.4 cm³/mol. The van der Waals surface area contributed by atoms with Crippen molar-refractivity contribution in [1.29, 1.82) is 0 Å². The van der Waals surface area contributed by atoms with Crippen LogP contribution in [0, 0.1) is 0 Å². The maximum atomic E-state index is 10.1. The Bertz CT molecular complexity index is 632. The fraction of sp³-hybridized carbons (Fsp3) is 0.824. The third kappa shape index (κ3) is 3.19. The molecule has 4 heterocycles. The van der Waals surface area contributed by atoms with Gasteiger partial charge in [0.25, 0.3) is 0 Å². The number of hydrogen-bond acceptors (Lipinski definition) is 9. The summed E-state index contributed by atoms with van der Waals surface area (Å²) in [4.78, 5) is 17.8. The van der Waals surface area contributed by atoms with Gasteiger partial charge in [-0.3, -0.25) is 0 Å². The lowest BCUT2D eigenvalue weighted by atomic mass is 9.91. The molecule has 3 aliphatic heterocycles. The highest BCUT2D eigenvalue weighted by Gasteiger charge is 2.45. The monoisotopic (exact) mass is 362 g/mol. The molecule has 0 bridgehead atoms. The zero-order chi connectivity index (χ0) is 17.6. The maximum Gasteiger partial charge on any atom is 0.232 e. The fourth-order valence-corrected chi connectivity index (χ4v) is 3.63. The van der Waals surface area contributed by atoms with Crippen molar-refractivity contribution in [1.82, 2.24) is 15.0 Å². The highest BCUT2D eigenvalue weighted by molar-refractivity contribution is 5.51. The van der Waals surface area contributed by atoms with Crippen LogP contribution >= 0.6 is 0 Å². The maximum absolute atomic E-state index is 10.1. The lowest BCUT2D eigenvalue weighted by Gasteiger charge is -2.47. The van der Waals surface area contributed by atoms with Crippen LogP contribution in [0.2, 0.25) is 0 Å². The van der Waals surface area contributed by atoms with Gasteiger partial charge >= 0.3 is 0 Å². The summed E-state index contributed by atoms with van der Waals surface area (Å²) in [6.45, 7) is 4.56. The van der Waals surface area contributed by atoms with Crippen molar-refractivity contribution >= 4 is 17.8 Å². The quantitative estimate of drug-likeness (QED) is 0.720. The van der Waals surface area contributed by atoms with E-state index in [0.29, 0.717) is 31.1 Å². The van der Waals surface area contributed by atoms with Gasteiger partial charge < -0.3 is 29.7 Å². The second kappa shape index (κ2) is 6.17. The van der Waals surface area contributed by atoms with E-state index in [0.717, 1.165) is 51.9 Å². The zero-order valence-electron chi connectivity index (χ0n) is 15.0. The van der Waals surface area contributed by atoms with E-state index in [1.807, 2.05) is 0 Å². The van der Waals surface area contributed by atoms with Crippen LogP contribution < -0.4 is 15.1 Å². The van der Waals surface area contributed by atoms with Crippen LogP contribution in [0.15, 0.2) is 0 Å². The summed E-state index contributed by atoms with van der Waals surface area (Å²) in [7, 11) is 0. The molecule has 9 heteroatoms. The first-order valence-corrected chi connectivity index (χ1v) is 9.62. The number of hydrogen-bond donors (Lipinski definition) is 2. The topological polar surface area (TPSA) is 95.4 Å². The number of anilines is 3. The number of rotatable bonds is 5. The Morgan fingerprint density at radius 2 is 1.46 bits per heavy atom. The average Bonchev–Trinajstić information content (AvgIpc) is 3.58. The Labute approximate surface area is 152 Å². The van der Waals surface area contributed by atoms with Crippen molar-refractivity contribution < 1.29 is 14.6 Å². The Balaban J connectivity index is 1.34. The van der Waals surface area contributed by atoms with Gasteiger partial charge in [0.05, 0.1) is 19.8 Å². The first kappa shape index (κ1) is 16.5. The van der Waals surface area contributed by atoms with Crippen LogP contribution in [-0.4, -0.2) is 77.4 Å². The molecule has 5 rings (SSSR count). The summed E-state index contributed by atoms with van der Waals surface area (Å²) >= 11 is 0. The molecule has 0 radical (unpaired) electrons. The van der Waals surface area contributed by atoms with E-state index in [-0.39, 0.29) is 6.61 Å². The Hall–Kier alpha value is -1.71. The van der Waals surface area contributed by atoms with Gasteiger partial charge in [0, 0.05) is 39.0 Å². The fourth-order valence-electron chi connectivity index (χ4n) is 3.63. The molecule has 0 amide bonds. The van der Waals surface area contributed by atoms with Crippen molar-refractivity contribution in [3.63, 3.8) is 0 Å². The molecular formula is C17H26N6O3. The lowest BCUT2D eigenvalue weighted by molar-refractivity contribution is -0.298. The summed E-state index contributed by atoms with van der Waals surface area (Å²) < 4.78 is 12.3. The van der Waals surface area contributed by atoms with E-state index >= 15 is 0 Å². The van der Waals surface area contributed by atoms with Gasteiger partial charge in [-0.1, -0.05) is 6.42 Å². The van der Waals surface area contributed by atoms with Gasteiger partial charge in [-0.25, -0.2) is 0 Å². The number of ether oxygens (including phenoxy) is 2. The molecule has 1 saturated carbocycles.